The minimum Gasteiger partial charge on any atom is -0.496 e. The minimum absolute atomic E-state index is 0.0607. The second-order valence-electron chi connectivity index (χ2n) is 10.4. The summed E-state index contributed by atoms with van der Waals surface area (Å²) in [5.41, 5.74) is 9.13. The number of ether oxygens (including phenoxy) is 4. The van der Waals surface area contributed by atoms with Gasteiger partial charge in [-0.15, -0.1) is 0 Å². The number of fused-ring (bicyclic) bond motifs is 1. The molecule has 40 heavy (non-hydrogen) atoms. The number of halogens is 1. The predicted molar refractivity (Wildman–Crippen MR) is 156 cm³/mol. The van der Waals surface area contributed by atoms with Crippen LogP contribution in [0.1, 0.15) is 49.0 Å². The molecule has 222 valence electrons. The summed E-state index contributed by atoms with van der Waals surface area (Å²) in [4.78, 5) is 2.58. The number of nitrogens with one attached hydrogen (secondary N) is 1. The number of rotatable bonds is 14. The normalized spacial score (nSPS) is 21.4. The SMILES string of the molecule is CCCOCCOCCNS(=O)(=O)c1ccc(O[C@H]2c3cc(Cl)cc(OC)c3C[C@@H]2N2CCC[C@@H](N)C2)c(C)c1. The van der Waals surface area contributed by atoms with E-state index in [4.69, 9.17) is 36.3 Å². The van der Waals surface area contributed by atoms with Gasteiger partial charge >= 0.3 is 0 Å². The Bertz CT molecular complexity index is 1240. The van der Waals surface area contributed by atoms with Crippen molar-refractivity contribution >= 4 is 21.6 Å². The van der Waals surface area contributed by atoms with Crippen molar-refractivity contribution in [2.75, 3.05) is 53.2 Å². The summed E-state index contributed by atoms with van der Waals surface area (Å²) < 4.78 is 51.5. The maximum absolute atomic E-state index is 12.9. The number of aryl methyl sites for hydroxylation is 1. The molecule has 0 spiro atoms. The molecular weight excluding hydrogens is 554 g/mol. The molecule has 2 aromatic carbocycles. The van der Waals surface area contributed by atoms with Crippen LogP contribution in [0.4, 0.5) is 0 Å². The zero-order chi connectivity index (χ0) is 28.7. The van der Waals surface area contributed by atoms with Gasteiger partial charge in [0.1, 0.15) is 17.6 Å². The summed E-state index contributed by atoms with van der Waals surface area (Å²) in [6, 6.07) is 8.91. The van der Waals surface area contributed by atoms with Crippen molar-refractivity contribution in [1.82, 2.24) is 9.62 Å². The molecule has 9 nitrogen and oxygen atoms in total. The van der Waals surface area contributed by atoms with Crippen LogP contribution in [-0.4, -0.2) is 78.6 Å². The van der Waals surface area contributed by atoms with Crippen LogP contribution in [0.25, 0.3) is 0 Å². The van der Waals surface area contributed by atoms with Gasteiger partial charge in [0.15, 0.2) is 0 Å². The minimum atomic E-state index is -3.70. The van der Waals surface area contributed by atoms with Crippen LogP contribution in [0, 0.1) is 6.92 Å². The Morgan fingerprint density at radius 2 is 1.88 bits per heavy atom. The van der Waals surface area contributed by atoms with Gasteiger partial charge in [0.2, 0.25) is 10.0 Å². The quantitative estimate of drug-likeness (QED) is 0.317. The van der Waals surface area contributed by atoms with Gasteiger partial charge in [-0.25, -0.2) is 13.1 Å². The van der Waals surface area contributed by atoms with Crippen LogP contribution in [-0.2, 0) is 25.9 Å². The molecule has 0 aromatic heterocycles. The lowest BCUT2D eigenvalue weighted by atomic mass is 10.0. The first-order valence-electron chi connectivity index (χ1n) is 14.0. The summed E-state index contributed by atoms with van der Waals surface area (Å²) in [5.74, 6) is 1.37. The van der Waals surface area contributed by atoms with E-state index in [0.717, 1.165) is 61.2 Å². The van der Waals surface area contributed by atoms with E-state index in [1.54, 1.807) is 25.3 Å². The Labute approximate surface area is 243 Å². The van der Waals surface area contributed by atoms with Crippen molar-refractivity contribution in [2.24, 2.45) is 5.73 Å². The third-order valence-corrected chi connectivity index (χ3v) is 9.10. The van der Waals surface area contributed by atoms with E-state index in [0.29, 0.717) is 30.6 Å². The lowest BCUT2D eigenvalue weighted by Crippen LogP contribution is -2.49. The average molecular weight is 596 g/mol. The predicted octanol–water partition coefficient (Wildman–Crippen LogP) is 3.85. The maximum atomic E-state index is 12.9. The summed E-state index contributed by atoms with van der Waals surface area (Å²) in [6.45, 7) is 7.70. The fourth-order valence-electron chi connectivity index (χ4n) is 5.47. The maximum Gasteiger partial charge on any atom is 0.240 e. The van der Waals surface area contributed by atoms with Crippen molar-refractivity contribution in [2.45, 2.75) is 62.6 Å². The standard InChI is InChI=1S/C29H42ClN3O6S/c1-4-11-37-13-14-38-12-9-32-40(34,35)23-7-8-27(20(2)15-23)39-29-25-16-21(30)17-28(36-3)24(25)18-26(29)33-10-5-6-22(31)19-33/h7-8,15-17,22,26,29,32H,4-6,9-14,18-19,31H2,1-3H3/t22-,26+,29+/m1/s1. The van der Waals surface area contributed by atoms with Crippen LogP contribution in [0.3, 0.4) is 0 Å². The molecule has 1 aliphatic heterocycles. The molecule has 2 aliphatic rings. The van der Waals surface area contributed by atoms with Crippen LogP contribution in [0.2, 0.25) is 5.02 Å². The van der Waals surface area contributed by atoms with Gasteiger partial charge in [0, 0.05) is 41.9 Å². The van der Waals surface area contributed by atoms with Gasteiger partial charge in [0.05, 0.1) is 37.9 Å². The zero-order valence-corrected chi connectivity index (χ0v) is 25.2. The first-order valence-corrected chi connectivity index (χ1v) is 15.9. The number of hydrogen-bond acceptors (Lipinski definition) is 8. The van der Waals surface area contributed by atoms with Crippen LogP contribution < -0.4 is 19.9 Å². The summed E-state index contributed by atoms with van der Waals surface area (Å²) in [5, 5.41) is 0.585. The zero-order valence-electron chi connectivity index (χ0n) is 23.7. The second kappa shape index (κ2) is 14.3. The van der Waals surface area contributed by atoms with Crippen molar-refractivity contribution in [1.29, 1.82) is 0 Å². The lowest BCUT2D eigenvalue weighted by Gasteiger charge is -2.38. The summed E-state index contributed by atoms with van der Waals surface area (Å²) in [7, 11) is -2.05. The first-order chi connectivity index (χ1) is 19.2. The van der Waals surface area contributed by atoms with Gasteiger partial charge in [-0.2, -0.15) is 0 Å². The number of likely N-dealkylation sites (tertiary alicyclic amines) is 1. The van der Waals surface area contributed by atoms with Gasteiger partial charge in [-0.3, -0.25) is 4.90 Å². The fourth-order valence-corrected chi connectivity index (χ4v) is 6.78. The molecule has 4 rings (SSSR count). The number of methoxy groups -OCH3 is 1. The van der Waals surface area contributed by atoms with Gasteiger partial charge in [0.25, 0.3) is 0 Å². The molecule has 11 heteroatoms. The Kier molecular flexibility index (Phi) is 11.1. The average Bonchev–Trinajstić information content (AvgIpc) is 3.28. The molecule has 1 saturated heterocycles. The lowest BCUT2D eigenvalue weighted by molar-refractivity contribution is 0.0502. The molecule has 2 aromatic rings. The van der Waals surface area contributed by atoms with E-state index in [1.807, 2.05) is 26.0 Å². The van der Waals surface area contributed by atoms with Crippen molar-refractivity contribution in [3.8, 4) is 11.5 Å². The van der Waals surface area contributed by atoms with Gasteiger partial charge < -0.3 is 24.7 Å². The number of sulfonamides is 1. The van der Waals surface area contributed by atoms with E-state index in [1.165, 1.54) is 0 Å². The highest BCUT2D eigenvalue weighted by molar-refractivity contribution is 7.89. The van der Waals surface area contributed by atoms with Crippen molar-refractivity contribution in [3.63, 3.8) is 0 Å². The van der Waals surface area contributed by atoms with E-state index in [2.05, 4.69) is 9.62 Å². The molecule has 0 unspecified atom stereocenters. The van der Waals surface area contributed by atoms with Crippen molar-refractivity contribution < 1.29 is 27.4 Å². The molecule has 3 atom stereocenters. The highest BCUT2D eigenvalue weighted by Crippen LogP contribution is 2.44. The highest BCUT2D eigenvalue weighted by Gasteiger charge is 2.41. The fraction of sp³-hybridized carbons (Fsp3) is 0.586. The molecule has 0 bridgehead atoms. The van der Waals surface area contributed by atoms with Crippen LogP contribution in [0.5, 0.6) is 11.5 Å². The number of nitrogens with two attached hydrogens (primary N) is 1. The first kappa shape index (κ1) is 31.0. The molecular formula is C29H42ClN3O6S. The Morgan fingerprint density at radius 1 is 1.10 bits per heavy atom. The van der Waals surface area contributed by atoms with E-state index in [-0.39, 0.29) is 36.2 Å². The third-order valence-electron chi connectivity index (χ3n) is 7.43. The molecule has 0 saturated carbocycles. The van der Waals surface area contributed by atoms with E-state index < -0.39 is 10.0 Å². The smallest absolute Gasteiger partial charge is 0.240 e. The Morgan fingerprint density at radius 3 is 2.58 bits per heavy atom. The largest absolute Gasteiger partial charge is 0.496 e. The monoisotopic (exact) mass is 595 g/mol. The number of piperidine rings is 1. The molecule has 3 N–H and O–H groups in total. The topological polar surface area (TPSA) is 112 Å². The van der Waals surface area contributed by atoms with E-state index in [9.17, 15) is 8.42 Å². The highest BCUT2D eigenvalue weighted by atomic mass is 35.5. The van der Waals surface area contributed by atoms with Crippen molar-refractivity contribution in [3.05, 3.63) is 52.0 Å². The second-order valence-corrected chi connectivity index (χ2v) is 12.6. The number of nitrogens with zero attached hydrogens (tertiary/aromatic N) is 1. The van der Waals surface area contributed by atoms with Crippen LogP contribution in [0.15, 0.2) is 35.2 Å². The summed E-state index contributed by atoms with van der Waals surface area (Å²) >= 11 is 6.47. The Balaban J connectivity index is 1.47. The molecule has 1 heterocycles. The van der Waals surface area contributed by atoms with Gasteiger partial charge in [-0.1, -0.05) is 18.5 Å². The Hall–Kier alpha value is -1.92. The molecule has 0 amide bonds. The molecule has 1 fully saturated rings. The molecule has 1 aliphatic carbocycles. The summed E-state index contributed by atoms with van der Waals surface area (Å²) in [6.07, 6.45) is 3.46. The van der Waals surface area contributed by atoms with Gasteiger partial charge in [-0.05, 0) is 75.0 Å². The number of hydrogen-bond donors (Lipinski definition) is 2. The number of benzene rings is 2. The molecule has 0 radical (unpaired) electrons. The van der Waals surface area contributed by atoms with Crippen LogP contribution >= 0.6 is 11.6 Å². The van der Waals surface area contributed by atoms with E-state index >= 15 is 0 Å². The third kappa shape index (κ3) is 7.67.